The Morgan fingerprint density at radius 1 is 1.44 bits per heavy atom. The lowest BCUT2D eigenvalue weighted by atomic mass is 9.88. The van der Waals surface area contributed by atoms with Crippen LogP contribution in [0.2, 0.25) is 0 Å². The predicted molar refractivity (Wildman–Crippen MR) is 135 cm³/mol. The number of thiazole rings is 1. The number of carbonyl (C=O) groups excluding carboxylic acids is 2. The second-order valence-corrected chi connectivity index (χ2v) is 9.74. The highest BCUT2D eigenvalue weighted by molar-refractivity contribution is 7.16. The van der Waals surface area contributed by atoms with Gasteiger partial charge in [0.1, 0.15) is 11.1 Å². The summed E-state index contributed by atoms with van der Waals surface area (Å²) >= 11 is 2.93. The lowest BCUT2D eigenvalue weighted by Gasteiger charge is -2.21. The summed E-state index contributed by atoms with van der Waals surface area (Å²) in [6.07, 6.45) is 7.70. The molecule has 1 unspecified atom stereocenters. The van der Waals surface area contributed by atoms with E-state index in [0.29, 0.717) is 42.1 Å². The molecule has 2 aromatic rings. The SMILES string of the molecule is C=CC(/C=C/C(=O)Nc1sc2c(c1C#N)CCC(COC(=O)NCc1csc(C)n1)C2)=C\N=C. The summed E-state index contributed by atoms with van der Waals surface area (Å²) in [5.74, 6) is -0.195. The highest BCUT2D eigenvalue weighted by Crippen LogP contribution is 2.39. The number of aromatic nitrogens is 1. The van der Waals surface area contributed by atoms with Crippen LogP contribution in [0.1, 0.15) is 33.1 Å². The van der Waals surface area contributed by atoms with Crippen LogP contribution in [0, 0.1) is 24.2 Å². The van der Waals surface area contributed by atoms with Crippen LogP contribution in [-0.2, 0) is 28.9 Å². The Bertz CT molecular complexity index is 1190. The van der Waals surface area contributed by atoms with Crippen LogP contribution in [0.3, 0.4) is 0 Å². The van der Waals surface area contributed by atoms with Gasteiger partial charge in [-0.1, -0.05) is 12.7 Å². The minimum absolute atomic E-state index is 0.153. The molecule has 3 rings (SSSR count). The monoisotopic (exact) mass is 495 g/mol. The molecule has 2 aromatic heterocycles. The molecule has 34 heavy (non-hydrogen) atoms. The van der Waals surface area contributed by atoms with E-state index < -0.39 is 6.09 Å². The molecule has 2 heterocycles. The zero-order valence-electron chi connectivity index (χ0n) is 18.8. The van der Waals surface area contributed by atoms with E-state index in [-0.39, 0.29) is 11.8 Å². The summed E-state index contributed by atoms with van der Waals surface area (Å²) in [5.41, 5.74) is 2.92. The molecule has 0 fully saturated rings. The van der Waals surface area contributed by atoms with Crippen molar-refractivity contribution in [2.75, 3.05) is 11.9 Å². The fourth-order valence-electron chi connectivity index (χ4n) is 3.49. The van der Waals surface area contributed by atoms with E-state index >= 15 is 0 Å². The average molecular weight is 496 g/mol. The van der Waals surface area contributed by atoms with Crippen LogP contribution in [0.4, 0.5) is 9.80 Å². The molecule has 0 bridgehead atoms. The number of nitriles is 1. The molecule has 10 heteroatoms. The quantitative estimate of drug-likeness (QED) is 0.298. The summed E-state index contributed by atoms with van der Waals surface area (Å²) in [5, 5.41) is 18.6. The fraction of sp³-hybridized carbons (Fsp3) is 0.292. The first kappa shape index (κ1) is 25.1. The first-order chi connectivity index (χ1) is 16.4. The maximum atomic E-state index is 12.3. The van der Waals surface area contributed by atoms with E-state index in [4.69, 9.17) is 4.74 Å². The number of hydrogen-bond acceptors (Lipinski definition) is 8. The summed E-state index contributed by atoms with van der Waals surface area (Å²) in [4.78, 5) is 33.4. The number of nitrogens with one attached hydrogen (secondary N) is 2. The number of thiophene rings is 1. The molecule has 0 radical (unpaired) electrons. The number of nitrogens with zero attached hydrogens (tertiary/aromatic N) is 3. The van der Waals surface area contributed by atoms with Crippen LogP contribution in [0.15, 0.2) is 47.0 Å². The Balaban J connectivity index is 1.56. The molecule has 1 atom stereocenters. The minimum Gasteiger partial charge on any atom is -0.449 e. The number of alkyl carbamates (subject to hydrolysis) is 1. The summed E-state index contributed by atoms with van der Waals surface area (Å²) < 4.78 is 5.40. The third-order valence-corrected chi connectivity index (χ3v) is 7.14. The number of ether oxygens (including phenoxy) is 1. The summed E-state index contributed by atoms with van der Waals surface area (Å²) in [6, 6.07) is 2.22. The Kier molecular flexibility index (Phi) is 8.90. The molecule has 2 amide bonds. The standard InChI is InChI=1S/C24H25N5O3S2/c1-4-16(11-26-3)6-8-22(30)29-23-20(10-25)19-7-5-17(9-21(19)34-23)13-32-24(31)27-12-18-14-33-15(2)28-18/h4,6,8,11,14,17H,1,3,5,7,9,12-13H2,2H3,(H,27,31)(H,29,30)/b8-6+,16-11+. The van der Waals surface area contributed by atoms with Crippen molar-refractivity contribution in [3.8, 4) is 6.07 Å². The highest BCUT2D eigenvalue weighted by atomic mass is 32.1. The number of amides is 2. The van der Waals surface area contributed by atoms with E-state index in [1.165, 1.54) is 34.9 Å². The predicted octanol–water partition coefficient (Wildman–Crippen LogP) is 4.68. The van der Waals surface area contributed by atoms with Gasteiger partial charge < -0.3 is 15.4 Å². The Hall–Kier alpha value is -3.55. The van der Waals surface area contributed by atoms with Gasteiger partial charge in [0.2, 0.25) is 5.91 Å². The minimum atomic E-state index is -0.473. The largest absolute Gasteiger partial charge is 0.449 e. The Labute approximate surface area is 206 Å². The van der Waals surface area contributed by atoms with Gasteiger partial charge in [0.25, 0.3) is 0 Å². The lowest BCUT2D eigenvalue weighted by molar-refractivity contribution is -0.111. The second kappa shape index (κ2) is 12.1. The maximum absolute atomic E-state index is 12.3. The molecular formula is C24H25N5O3S2. The topological polar surface area (TPSA) is 116 Å². The van der Waals surface area contributed by atoms with Gasteiger partial charge in [-0.15, -0.1) is 22.7 Å². The molecular weight excluding hydrogens is 470 g/mol. The van der Waals surface area contributed by atoms with Crippen LogP contribution in [-0.4, -0.2) is 30.3 Å². The number of aliphatic imine (C=N–C) groups is 1. The molecule has 2 N–H and O–H groups in total. The van der Waals surface area contributed by atoms with Gasteiger partial charge >= 0.3 is 6.09 Å². The lowest BCUT2D eigenvalue weighted by Crippen LogP contribution is -2.27. The van der Waals surface area contributed by atoms with Crippen molar-refractivity contribution in [2.45, 2.75) is 32.7 Å². The number of rotatable bonds is 9. The van der Waals surface area contributed by atoms with Crippen LogP contribution >= 0.6 is 22.7 Å². The number of hydrogen-bond donors (Lipinski definition) is 2. The smallest absolute Gasteiger partial charge is 0.407 e. The highest BCUT2D eigenvalue weighted by Gasteiger charge is 2.27. The number of carbonyl (C=O) groups is 2. The van der Waals surface area contributed by atoms with Crippen molar-refractivity contribution in [3.63, 3.8) is 0 Å². The van der Waals surface area contributed by atoms with Crippen molar-refractivity contribution in [3.05, 3.63) is 68.7 Å². The summed E-state index contributed by atoms with van der Waals surface area (Å²) in [7, 11) is 0. The van der Waals surface area contributed by atoms with Gasteiger partial charge in [-0.25, -0.2) is 9.78 Å². The van der Waals surface area contributed by atoms with Crippen LogP contribution in [0.5, 0.6) is 0 Å². The number of allylic oxidation sites excluding steroid dienone is 3. The number of anilines is 1. The third kappa shape index (κ3) is 6.73. The normalized spacial score (nSPS) is 15.3. The molecule has 0 aliphatic heterocycles. The maximum Gasteiger partial charge on any atom is 0.407 e. The zero-order valence-corrected chi connectivity index (χ0v) is 20.4. The number of aryl methyl sites for hydroxylation is 1. The first-order valence-corrected chi connectivity index (χ1v) is 12.3. The third-order valence-electron chi connectivity index (χ3n) is 5.15. The molecule has 0 saturated carbocycles. The molecule has 8 nitrogen and oxygen atoms in total. The van der Waals surface area contributed by atoms with E-state index in [2.05, 4.69) is 40.0 Å². The van der Waals surface area contributed by atoms with Gasteiger partial charge in [0.15, 0.2) is 0 Å². The molecule has 0 saturated heterocycles. The van der Waals surface area contributed by atoms with Gasteiger partial charge in [-0.2, -0.15) is 5.26 Å². The van der Waals surface area contributed by atoms with Crippen molar-refractivity contribution in [1.82, 2.24) is 10.3 Å². The van der Waals surface area contributed by atoms with E-state index in [1.54, 1.807) is 12.2 Å². The van der Waals surface area contributed by atoms with Gasteiger partial charge in [-0.3, -0.25) is 9.79 Å². The van der Waals surface area contributed by atoms with E-state index in [9.17, 15) is 14.9 Å². The van der Waals surface area contributed by atoms with Gasteiger partial charge in [-0.05, 0) is 56.0 Å². The zero-order chi connectivity index (χ0) is 24.5. The number of fused-ring (bicyclic) bond motifs is 1. The molecule has 0 aromatic carbocycles. The average Bonchev–Trinajstić information content (AvgIpc) is 3.40. The first-order valence-electron chi connectivity index (χ1n) is 10.6. The Morgan fingerprint density at radius 2 is 2.26 bits per heavy atom. The Morgan fingerprint density at radius 3 is 2.94 bits per heavy atom. The van der Waals surface area contributed by atoms with Crippen molar-refractivity contribution < 1.29 is 14.3 Å². The second-order valence-electron chi connectivity index (χ2n) is 7.58. The van der Waals surface area contributed by atoms with Crippen LogP contribution < -0.4 is 10.6 Å². The van der Waals surface area contributed by atoms with Crippen LogP contribution in [0.25, 0.3) is 0 Å². The van der Waals surface area contributed by atoms with E-state index in [0.717, 1.165) is 27.6 Å². The fourth-order valence-corrected chi connectivity index (χ4v) is 5.42. The van der Waals surface area contributed by atoms with Crippen molar-refractivity contribution in [1.29, 1.82) is 5.26 Å². The van der Waals surface area contributed by atoms with Crippen molar-refractivity contribution >= 4 is 46.4 Å². The molecule has 1 aliphatic carbocycles. The molecule has 1 aliphatic rings. The summed E-state index contributed by atoms with van der Waals surface area (Å²) in [6.45, 7) is 9.57. The van der Waals surface area contributed by atoms with Gasteiger partial charge in [0.05, 0.1) is 29.4 Å². The van der Waals surface area contributed by atoms with Crippen molar-refractivity contribution in [2.24, 2.45) is 10.9 Å². The van der Waals surface area contributed by atoms with Gasteiger partial charge in [0, 0.05) is 22.5 Å². The molecule has 176 valence electrons. The molecule has 0 spiro atoms. The van der Waals surface area contributed by atoms with E-state index in [1.807, 2.05) is 12.3 Å².